The molecule has 13 heteroatoms. The second-order valence-corrected chi connectivity index (χ2v) is 12.4. The molecule has 4 amide bonds. The Bertz CT molecular complexity index is 1020. The minimum Gasteiger partial charge on any atom is -0.463 e. The van der Waals surface area contributed by atoms with E-state index < -0.39 is 0 Å². The molecule has 288 valence electrons. The fraction of sp³-hybridized carbons (Fsp3) is 0.649. The summed E-state index contributed by atoms with van der Waals surface area (Å²) in [7, 11) is 0. The minimum absolute atomic E-state index is 0.0300. The minimum atomic E-state index is -0.361. The summed E-state index contributed by atoms with van der Waals surface area (Å²) >= 11 is 0. The molecular weight excluding hydrogens is 646 g/mol. The molecule has 0 spiro atoms. The smallest absolute Gasteiger partial charge is 0.330 e. The maximum Gasteiger partial charge on any atom is 0.330 e. The molecule has 0 radical (unpaired) electrons. The van der Waals surface area contributed by atoms with Gasteiger partial charge in [0.2, 0.25) is 11.8 Å². The molecule has 50 heavy (non-hydrogen) atoms. The number of hydrogen-bond acceptors (Lipinski definition) is 10. The number of ketones is 1. The normalized spacial score (nSPS) is 13.6. The van der Waals surface area contributed by atoms with Crippen LogP contribution in [0.25, 0.3) is 0 Å². The lowest BCUT2D eigenvalue weighted by Gasteiger charge is -2.17. The van der Waals surface area contributed by atoms with E-state index >= 15 is 0 Å². The summed E-state index contributed by atoms with van der Waals surface area (Å²) in [5, 5.41) is 5.39. The lowest BCUT2D eigenvalue weighted by molar-refractivity contribution is -0.147. The molecule has 1 fully saturated rings. The Morgan fingerprint density at radius 1 is 0.780 bits per heavy atom. The van der Waals surface area contributed by atoms with Crippen molar-refractivity contribution in [2.45, 2.75) is 146 Å². The summed E-state index contributed by atoms with van der Waals surface area (Å²) in [6, 6.07) is 0.456. The number of carbonyl (C=O) groups excluding carboxylic acids is 7. The van der Waals surface area contributed by atoms with Gasteiger partial charge in [-0.05, 0) is 75.3 Å². The number of carbonyl (C=O) groups is 7. The van der Waals surface area contributed by atoms with Gasteiger partial charge in [-0.1, -0.05) is 40.9 Å². The molecule has 2 N–H and O–H groups in total. The van der Waals surface area contributed by atoms with Crippen molar-refractivity contribution in [1.29, 1.82) is 0 Å². The van der Waals surface area contributed by atoms with Crippen LogP contribution in [0.2, 0.25) is 0 Å². The van der Waals surface area contributed by atoms with Crippen molar-refractivity contribution in [2.75, 3.05) is 6.61 Å². The Balaban J connectivity index is -0.000000255. The van der Waals surface area contributed by atoms with Crippen LogP contribution in [0.4, 0.5) is 0 Å². The van der Waals surface area contributed by atoms with E-state index in [9.17, 15) is 33.6 Å². The van der Waals surface area contributed by atoms with Crippen molar-refractivity contribution >= 4 is 41.4 Å². The first-order valence-electron chi connectivity index (χ1n) is 17.0. The van der Waals surface area contributed by atoms with E-state index in [1.54, 1.807) is 20.8 Å². The van der Waals surface area contributed by atoms with Gasteiger partial charge in [0.1, 0.15) is 6.10 Å². The van der Waals surface area contributed by atoms with E-state index in [0.717, 1.165) is 6.08 Å². The Morgan fingerprint density at radius 3 is 1.36 bits per heavy atom. The number of rotatable bonds is 11. The van der Waals surface area contributed by atoms with Gasteiger partial charge < -0.3 is 24.8 Å². The first-order valence-corrected chi connectivity index (χ1v) is 17.0. The molecule has 2 aliphatic rings. The van der Waals surface area contributed by atoms with Crippen LogP contribution in [0.5, 0.6) is 0 Å². The number of esters is 2. The molecule has 2 heterocycles. The standard InChI is InChI=1S/C7H9NO2.C6H13NO.C6H11NO.C6H10O2.C6H12O2.C6H10O2/c1-5(2)8-6(9)3-4-7(8)10;2*1-4-6(8)7-5(2)3;1-4(2)6(7)5-3-8-5;2*1-4-6(7)8-5(2)3/h3-5H,1-2H3;5H,4H2,1-3H3,(H,7,8);4-5H,1H2,2-3H3,(H,7,8);4-5H,3H2,1-2H3;5H,4H2,1-3H3;4-5H,1H2,2-3H3. The third kappa shape index (κ3) is 35.2. The highest BCUT2D eigenvalue weighted by Crippen LogP contribution is 2.14. The fourth-order valence-electron chi connectivity index (χ4n) is 2.90. The first-order chi connectivity index (χ1) is 23.0. The summed E-state index contributed by atoms with van der Waals surface area (Å²) in [4.78, 5) is 75.3. The molecule has 2 aliphatic heterocycles. The van der Waals surface area contributed by atoms with Gasteiger partial charge in [-0.15, -0.1) is 0 Å². The highest BCUT2D eigenvalue weighted by molar-refractivity contribution is 6.13. The molecule has 13 nitrogen and oxygen atoms in total. The van der Waals surface area contributed by atoms with Crippen molar-refractivity contribution in [2.24, 2.45) is 5.92 Å². The average Bonchev–Trinajstić information content (AvgIpc) is 3.79. The van der Waals surface area contributed by atoms with Gasteiger partial charge in [0.15, 0.2) is 5.78 Å². The van der Waals surface area contributed by atoms with Gasteiger partial charge in [0, 0.05) is 55.1 Å². The van der Waals surface area contributed by atoms with Crippen LogP contribution in [0.1, 0.15) is 110 Å². The van der Waals surface area contributed by atoms with Crippen LogP contribution in [0, 0.1) is 5.92 Å². The van der Waals surface area contributed by atoms with E-state index in [0.29, 0.717) is 19.4 Å². The van der Waals surface area contributed by atoms with Gasteiger partial charge in [0.25, 0.3) is 11.8 Å². The summed E-state index contributed by atoms with van der Waals surface area (Å²) < 4.78 is 14.2. The summed E-state index contributed by atoms with van der Waals surface area (Å²) in [5.41, 5.74) is 0. The van der Waals surface area contributed by atoms with Crippen molar-refractivity contribution < 1.29 is 47.8 Å². The first kappa shape index (κ1) is 52.7. The van der Waals surface area contributed by atoms with E-state index in [-0.39, 0.29) is 83.7 Å². The van der Waals surface area contributed by atoms with Crippen molar-refractivity contribution in [3.8, 4) is 0 Å². The van der Waals surface area contributed by atoms with Crippen molar-refractivity contribution in [1.82, 2.24) is 15.5 Å². The number of hydrogen-bond donors (Lipinski definition) is 2. The van der Waals surface area contributed by atoms with Gasteiger partial charge >= 0.3 is 11.9 Å². The van der Waals surface area contributed by atoms with E-state index in [2.05, 4.69) is 28.5 Å². The highest BCUT2D eigenvalue weighted by atomic mass is 16.6. The second-order valence-electron chi connectivity index (χ2n) is 12.4. The summed E-state index contributed by atoms with van der Waals surface area (Å²) in [5.74, 6) is -0.507. The molecule has 1 unspecified atom stereocenters. The lowest BCUT2D eigenvalue weighted by Crippen LogP contribution is -2.36. The molecule has 0 aliphatic carbocycles. The Morgan fingerprint density at radius 2 is 1.22 bits per heavy atom. The quantitative estimate of drug-likeness (QED) is 0.128. The topological polar surface area (TPSA) is 178 Å². The van der Waals surface area contributed by atoms with Crippen LogP contribution >= 0.6 is 0 Å². The number of nitrogens with zero attached hydrogens (tertiary/aromatic N) is 1. The van der Waals surface area contributed by atoms with Crippen molar-refractivity contribution in [3.05, 3.63) is 37.5 Å². The Hall–Kier alpha value is -4.13. The molecular formula is C37H65N3O10. The number of amides is 4. The molecule has 0 saturated carbocycles. The zero-order valence-corrected chi connectivity index (χ0v) is 32.9. The number of ether oxygens (including phenoxy) is 3. The molecule has 1 atom stereocenters. The van der Waals surface area contributed by atoms with Gasteiger partial charge in [-0.3, -0.25) is 33.7 Å². The zero-order chi connectivity index (χ0) is 40.1. The highest BCUT2D eigenvalue weighted by Gasteiger charge is 2.32. The SMILES string of the molecule is C=CC(=O)NC(C)C.C=CC(=O)OC(C)C.CC(C)C(=O)C1CO1.CC(C)N1C(=O)C=CC1=O.CCC(=O)NC(C)C.CCC(=O)OC(C)C. The molecule has 0 aromatic rings. The average molecular weight is 712 g/mol. The maximum atomic E-state index is 10.8. The second kappa shape index (κ2) is 30.9. The number of Topliss-reactive ketones (excluding diaryl/α,β-unsaturated/α-hetero) is 1. The maximum absolute atomic E-state index is 10.8. The lowest BCUT2D eigenvalue weighted by atomic mass is 10.1. The van der Waals surface area contributed by atoms with Crippen LogP contribution in [0.15, 0.2) is 37.5 Å². The third-order valence-electron chi connectivity index (χ3n) is 5.14. The fourth-order valence-corrected chi connectivity index (χ4v) is 2.90. The Labute approximate surface area is 300 Å². The van der Waals surface area contributed by atoms with Crippen LogP contribution < -0.4 is 10.6 Å². The largest absolute Gasteiger partial charge is 0.463 e. The van der Waals surface area contributed by atoms with Crippen LogP contribution in [-0.2, 0) is 47.8 Å². The molecule has 1 saturated heterocycles. The van der Waals surface area contributed by atoms with Crippen LogP contribution in [-0.4, -0.2) is 89.3 Å². The van der Waals surface area contributed by atoms with E-state index in [4.69, 9.17) is 9.47 Å². The molecule has 0 aromatic carbocycles. The summed E-state index contributed by atoms with van der Waals surface area (Å²) in [6.07, 6.45) is 6.00. The monoisotopic (exact) mass is 711 g/mol. The van der Waals surface area contributed by atoms with E-state index in [1.165, 1.54) is 23.1 Å². The molecule has 2 rings (SSSR count). The predicted octanol–water partition coefficient (Wildman–Crippen LogP) is 5.02. The van der Waals surface area contributed by atoms with Gasteiger partial charge in [-0.2, -0.15) is 0 Å². The molecule has 0 bridgehead atoms. The predicted molar refractivity (Wildman–Crippen MR) is 196 cm³/mol. The number of imide groups is 1. The molecule has 0 aromatic heterocycles. The van der Waals surface area contributed by atoms with E-state index in [1.807, 2.05) is 76.2 Å². The number of nitrogens with one attached hydrogen (secondary N) is 2. The zero-order valence-electron chi connectivity index (χ0n) is 32.9. The summed E-state index contributed by atoms with van der Waals surface area (Å²) in [6.45, 7) is 33.2. The van der Waals surface area contributed by atoms with Crippen LogP contribution in [0.3, 0.4) is 0 Å². The van der Waals surface area contributed by atoms with Crippen molar-refractivity contribution in [3.63, 3.8) is 0 Å². The van der Waals surface area contributed by atoms with Gasteiger partial charge in [0.05, 0.1) is 18.8 Å². The van der Waals surface area contributed by atoms with Gasteiger partial charge in [-0.25, -0.2) is 4.79 Å². The Kier molecular flexibility index (Phi) is 32.5. The third-order valence-corrected chi connectivity index (χ3v) is 5.14. The number of epoxide rings is 1.